The number of aryl methyl sites for hydroxylation is 1. The summed E-state index contributed by atoms with van der Waals surface area (Å²) in [4.78, 5) is 24.4. The summed E-state index contributed by atoms with van der Waals surface area (Å²) < 4.78 is 5.59. The molecule has 0 aromatic heterocycles. The topological polar surface area (TPSA) is 55.4 Å². The quantitative estimate of drug-likeness (QED) is 0.644. The predicted molar refractivity (Wildman–Crippen MR) is 112 cm³/mol. The van der Waals surface area contributed by atoms with Crippen molar-refractivity contribution in [3.63, 3.8) is 0 Å². The molecule has 0 heterocycles. The molecule has 0 radical (unpaired) electrons. The van der Waals surface area contributed by atoms with Crippen LogP contribution in [0.15, 0.2) is 66.7 Å². The third kappa shape index (κ3) is 3.21. The highest BCUT2D eigenvalue weighted by Crippen LogP contribution is 2.44. The van der Waals surface area contributed by atoms with E-state index in [0.717, 1.165) is 24.0 Å². The summed E-state index contributed by atoms with van der Waals surface area (Å²) >= 11 is 0. The molecule has 0 spiro atoms. The maximum Gasteiger partial charge on any atom is 0.411 e. The summed E-state index contributed by atoms with van der Waals surface area (Å²) in [6.07, 6.45) is 1.85. The fourth-order valence-corrected chi connectivity index (χ4v) is 4.48. The van der Waals surface area contributed by atoms with E-state index in [4.69, 9.17) is 4.74 Å². The van der Waals surface area contributed by atoms with Gasteiger partial charge in [-0.2, -0.15) is 0 Å². The van der Waals surface area contributed by atoms with Crippen molar-refractivity contribution in [3.05, 3.63) is 89.0 Å². The van der Waals surface area contributed by atoms with Gasteiger partial charge >= 0.3 is 6.09 Å². The average molecular weight is 383 g/mol. The largest absolute Gasteiger partial charge is 0.448 e. The van der Waals surface area contributed by atoms with Crippen molar-refractivity contribution >= 4 is 17.6 Å². The number of nitrogens with one attached hydrogen (secondary N) is 1. The van der Waals surface area contributed by atoms with Crippen molar-refractivity contribution in [1.82, 2.24) is 0 Å². The Morgan fingerprint density at radius 1 is 0.897 bits per heavy atom. The molecule has 3 aromatic carbocycles. The first-order valence-corrected chi connectivity index (χ1v) is 9.99. The number of ether oxygens (including phenoxy) is 1. The predicted octanol–water partition coefficient (Wildman–Crippen LogP) is 5.57. The minimum atomic E-state index is -0.478. The molecule has 0 aliphatic heterocycles. The normalized spacial score (nSPS) is 14.7. The Morgan fingerprint density at radius 3 is 2.31 bits per heavy atom. The lowest BCUT2D eigenvalue weighted by atomic mass is 9.90. The molecule has 2 aliphatic carbocycles. The molecule has 2 aliphatic rings. The number of Topliss-reactive ketones (excluding diaryl/α,β-unsaturated/α-hetero) is 1. The van der Waals surface area contributed by atoms with Gasteiger partial charge in [-0.25, -0.2) is 4.79 Å². The molecule has 0 bridgehead atoms. The van der Waals surface area contributed by atoms with E-state index in [0.29, 0.717) is 12.1 Å². The van der Waals surface area contributed by atoms with E-state index in [9.17, 15) is 9.59 Å². The van der Waals surface area contributed by atoms with E-state index in [1.54, 1.807) is 12.1 Å². The number of carbonyl (C=O) groups excluding carboxylic acids is 2. The molecule has 144 valence electrons. The first-order chi connectivity index (χ1) is 14.2. The Labute approximate surface area is 169 Å². The summed E-state index contributed by atoms with van der Waals surface area (Å²) in [5.41, 5.74) is 7.22. The lowest BCUT2D eigenvalue weighted by Gasteiger charge is -2.17. The third-order valence-electron chi connectivity index (χ3n) is 5.85. The highest BCUT2D eigenvalue weighted by atomic mass is 16.5. The van der Waals surface area contributed by atoms with Crippen LogP contribution in [0, 0.1) is 0 Å². The minimum Gasteiger partial charge on any atom is -0.448 e. The summed E-state index contributed by atoms with van der Waals surface area (Å²) in [6.45, 7) is 0.281. The molecule has 29 heavy (non-hydrogen) atoms. The molecule has 0 unspecified atom stereocenters. The smallest absolute Gasteiger partial charge is 0.411 e. The highest BCUT2D eigenvalue weighted by molar-refractivity contribution is 5.99. The van der Waals surface area contributed by atoms with Gasteiger partial charge in [0.2, 0.25) is 0 Å². The number of fused-ring (bicyclic) bond motifs is 4. The molecule has 5 rings (SSSR count). The number of benzene rings is 3. The summed E-state index contributed by atoms with van der Waals surface area (Å²) in [5.74, 6) is 0.216. The van der Waals surface area contributed by atoms with Crippen LogP contribution in [-0.2, 0) is 11.2 Å². The second-order valence-electron chi connectivity index (χ2n) is 7.60. The number of amides is 1. The van der Waals surface area contributed by atoms with Gasteiger partial charge in [0.15, 0.2) is 5.78 Å². The molecule has 4 nitrogen and oxygen atoms in total. The highest BCUT2D eigenvalue weighted by Gasteiger charge is 2.29. The zero-order valence-electron chi connectivity index (χ0n) is 16.0. The lowest BCUT2D eigenvalue weighted by molar-refractivity contribution is 0.0972. The van der Waals surface area contributed by atoms with Crippen LogP contribution >= 0.6 is 0 Å². The third-order valence-corrected chi connectivity index (χ3v) is 5.85. The van der Waals surface area contributed by atoms with Gasteiger partial charge in [0.1, 0.15) is 6.61 Å². The zero-order chi connectivity index (χ0) is 19.8. The summed E-state index contributed by atoms with van der Waals surface area (Å²) in [7, 11) is 0. The van der Waals surface area contributed by atoms with Crippen molar-refractivity contribution < 1.29 is 14.3 Å². The number of anilines is 1. The molecule has 0 fully saturated rings. The molecule has 0 saturated heterocycles. The zero-order valence-corrected chi connectivity index (χ0v) is 16.0. The van der Waals surface area contributed by atoms with E-state index in [-0.39, 0.29) is 18.3 Å². The van der Waals surface area contributed by atoms with Gasteiger partial charge in [0.25, 0.3) is 0 Å². The maximum absolute atomic E-state index is 12.4. The second kappa shape index (κ2) is 7.21. The van der Waals surface area contributed by atoms with Crippen molar-refractivity contribution in [2.45, 2.75) is 25.2 Å². The van der Waals surface area contributed by atoms with Gasteiger partial charge < -0.3 is 4.74 Å². The van der Waals surface area contributed by atoms with Crippen LogP contribution in [0.1, 0.15) is 45.8 Å². The molecule has 1 amide bonds. The number of rotatable bonds is 3. The van der Waals surface area contributed by atoms with E-state index in [1.807, 2.05) is 30.3 Å². The Morgan fingerprint density at radius 2 is 1.59 bits per heavy atom. The van der Waals surface area contributed by atoms with E-state index in [1.165, 1.54) is 22.3 Å². The van der Waals surface area contributed by atoms with Gasteiger partial charge in [-0.3, -0.25) is 10.1 Å². The van der Waals surface area contributed by atoms with Crippen molar-refractivity contribution in [2.24, 2.45) is 0 Å². The first kappa shape index (κ1) is 17.7. The fraction of sp³-hybridized carbons (Fsp3) is 0.200. The maximum atomic E-state index is 12.4. The lowest BCUT2D eigenvalue weighted by Crippen LogP contribution is -2.18. The van der Waals surface area contributed by atoms with E-state index in [2.05, 4.69) is 29.6 Å². The average Bonchev–Trinajstić information content (AvgIpc) is 3.06. The number of carbonyl (C=O) groups is 2. The monoisotopic (exact) mass is 383 g/mol. The van der Waals surface area contributed by atoms with Crippen LogP contribution in [0.25, 0.3) is 11.1 Å². The minimum absolute atomic E-state index is 0.0364. The molecule has 1 N–H and O–H groups in total. The number of hydrogen-bond acceptors (Lipinski definition) is 3. The van der Waals surface area contributed by atoms with Crippen LogP contribution in [-0.4, -0.2) is 18.5 Å². The molecule has 3 aromatic rings. The van der Waals surface area contributed by atoms with Gasteiger partial charge in [-0.1, -0.05) is 48.5 Å². The van der Waals surface area contributed by atoms with Gasteiger partial charge in [0, 0.05) is 23.6 Å². The fourth-order valence-electron chi connectivity index (χ4n) is 4.48. The Bertz CT molecular complexity index is 1070. The van der Waals surface area contributed by atoms with Crippen LogP contribution < -0.4 is 5.32 Å². The summed E-state index contributed by atoms with van der Waals surface area (Å²) in [6, 6.07) is 22.0. The number of ketones is 1. The first-order valence-electron chi connectivity index (χ1n) is 9.99. The van der Waals surface area contributed by atoms with Crippen LogP contribution in [0.4, 0.5) is 10.5 Å². The van der Waals surface area contributed by atoms with Crippen molar-refractivity contribution in [3.8, 4) is 11.1 Å². The second-order valence-corrected chi connectivity index (χ2v) is 7.60. The summed E-state index contributed by atoms with van der Waals surface area (Å²) in [5, 5.41) is 2.81. The van der Waals surface area contributed by atoms with Gasteiger partial charge in [-0.05, 0) is 58.9 Å². The molecule has 0 atom stereocenters. The van der Waals surface area contributed by atoms with Gasteiger partial charge in [-0.15, -0.1) is 0 Å². The van der Waals surface area contributed by atoms with Crippen LogP contribution in [0.2, 0.25) is 0 Å². The molecule has 4 heteroatoms. The van der Waals surface area contributed by atoms with Crippen molar-refractivity contribution in [2.75, 3.05) is 11.9 Å². The van der Waals surface area contributed by atoms with E-state index < -0.39 is 6.09 Å². The Balaban J connectivity index is 1.30. The van der Waals surface area contributed by atoms with Crippen LogP contribution in [0.3, 0.4) is 0 Å². The van der Waals surface area contributed by atoms with Gasteiger partial charge in [0.05, 0.1) is 0 Å². The SMILES string of the molecule is O=C(Nc1ccc2c(c1)CCCC2=O)OCC1c2ccccc2-c2ccccc21. The number of hydrogen-bond donors (Lipinski definition) is 1. The molecular weight excluding hydrogens is 362 g/mol. The molecule has 0 saturated carbocycles. The molecular formula is C25H21NO3. The van der Waals surface area contributed by atoms with E-state index >= 15 is 0 Å². The van der Waals surface area contributed by atoms with Crippen molar-refractivity contribution in [1.29, 1.82) is 0 Å². The standard InChI is InChI=1S/C25H21NO3/c27-24-11-5-6-16-14-17(12-13-18(16)24)26-25(28)29-15-23-21-9-3-1-7-19(21)20-8-2-4-10-22(20)23/h1-4,7-10,12-14,23H,5-6,11,15H2,(H,26,28). The Hall–Kier alpha value is -3.40. The Kier molecular flexibility index (Phi) is 4.39. The van der Waals surface area contributed by atoms with Crippen LogP contribution in [0.5, 0.6) is 0 Å².